The van der Waals surface area contributed by atoms with E-state index in [4.69, 9.17) is 4.98 Å². The Labute approximate surface area is 164 Å². The summed E-state index contributed by atoms with van der Waals surface area (Å²) in [4.78, 5) is 24.4. The van der Waals surface area contributed by atoms with Gasteiger partial charge in [-0.3, -0.25) is 4.79 Å². The number of amides is 1. The lowest BCUT2D eigenvalue weighted by molar-refractivity contribution is -0.131. The van der Waals surface area contributed by atoms with Gasteiger partial charge in [0.05, 0.1) is 16.3 Å². The van der Waals surface area contributed by atoms with Crippen LogP contribution in [0.3, 0.4) is 0 Å². The second-order valence-corrected chi connectivity index (χ2v) is 8.75. The first-order valence-corrected chi connectivity index (χ1v) is 10.4. The summed E-state index contributed by atoms with van der Waals surface area (Å²) < 4.78 is 0. The van der Waals surface area contributed by atoms with Gasteiger partial charge in [0, 0.05) is 23.9 Å². The standard InChI is InChI=1S/C22H25N3OS/c1-15-10-11-19-20(13-15)24-21(23-19)17-7-6-12-25(14-17)22(26)16(2)27-18-8-4-3-5-9-18/h3-5,8-11,13,16-17H,6-7,12,14H2,1-2H3,(H,23,24). The maximum absolute atomic E-state index is 13.0. The van der Waals surface area contributed by atoms with Crippen LogP contribution in [0, 0.1) is 6.92 Å². The molecule has 5 heteroatoms. The van der Waals surface area contributed by atoms with Crippen LogP contribution in [-0.4, -0.2) is 39.1 Å². The summed E-state index contributed by atoms with van der Waals surface area (Å²) in [5.41, 5.74) is 3.32. The zero-order valence-corrected chi connectivity index (χ0v) is 16.6. The lowest BCUT2D eigenvalue weighted by Crippen LogP contribution is -2.42. The maximum Gasteiger partial charge on any atom is 0.235 e. The minimum absolute atomic E-state index is 0.0792. The van der Waals surface area contributed by atoms with E-state index in [2.05, 4.69) is 42.2 Å². The average Bonchev–Trinajstić information content (AvgIpc) is 3.11. The number of likely N-dealkylation sites (tertiary alicyclic amines) is 1. The number of hydrogen-bond acceptors (Lipinski definition) is 3. The molecule has 1 fully saturated rings. The normalized spacial score (nSPS) is 18.6. The van der Waals surface area contributed by atoms with Crippen molar-refractivity contribution in [3.63, 3.8) is 0 Å². The molecule has 1 aliphatic rings. The number of carbonyl (C=O) groups excluding carboxylic acids is 1. The number of aromatic nitrogens is 2. The van der Waals surface area contributed by atoms with Gasteiger partial charge in [-0.15, -0.1) is 11.8 Å². The topological polar surface area (TPSA) is 49.0 Å². The Morgan fingerprint density at radius 3 is 2.89 bits per heavy atom. The first-order chi connectivity index (χ1) is 13.1. The summed E-state index contributed by atoms with van der Waals surface area (Å²) in [6.45, 7) is 5.69. The Morgan fingerprint density at radius 2 is 2.07 bits per heavy atom. The van der Waals surface area contributed by atoms with E-state index in [9.17, 15) is 4.79 Å². The third kappa shape index (κ3) is 4.03. The van der Waals surface area contributed by atoms with E-state index < -0.39 is 0 Å². The fraction of sp³-hybridized carbons (Fsp3) is 0.364. The summed E-state index contributed by atoms with van der Waals surface area (Å²) in [6, 6.07) is 16.4. The van der Waals surface area contributed by atoms with Crippen molar-refractivity contribution in [2.75, 3.05) is 13.1 Å². The number of aromatic amines is 1. The average molecular weight is 380 g/mol. The molecule has 2 unspecified atom stereocenters. The number of benzene rings is 2. The highest BCUT2D eigenvalue weighted by molar-refractivity contribution is 8.00. The summed E-state index contributed by atoms with van der Waals surface area (Å²) in [5.74, 6) is 1.52. The number of imidazole rings is 1. The molecule has 0 spiro atoms. The summed E-state index contributed by atoms with van der Waals surface area (Å²) >= 11 is 1.63. The number of rotatable bonds is 4. The van der Waals surface area contributed by atoms with Crippen molar-refractivity contribution in [2.45, 2.75) is 42.8 Å². The molecule has 0 saturated carbocycles. The third-order valence-corrected chi connectivity index (χ3v) is 6.28. The highest BCUT2D eigenvalue weighted by atomic mass is 32.2. The molecule has 1 aromatic heterocycles. The van der Waals surface area contributed by atoms with Crippen LogP contribution in [0.2, 0.25) is 0 Å². The van der Waals surface area contributed by atoms with Crippen LogP contribution in [0.5, 0.6) is 0 Å². The van der Waals surface area contributed by atoms with Crippen LogP contribution in [-0.2, 0) is 4.79 Å². The van der Waals surface area contributed by atoms with Crippen molar-refractivity contribution < 1.29 is 4.79 Å². The number of hydrogen-bond donors (Lipinski definition) is 1. The van der Waals surface area contributed by atoms with Crippen LogP contribution >= 0.6 is 11.8 Å². The minimum atomic E-state index is -0.0792. The van der Waals surface area contributed by atoms with Crippen molar-refractivity contribution in [3.8, 4) is 0 Å². The third-order valence-electron chi connectivity index (χ3n) is 5.18. The van der Waals surface area contributed by atoms with Crippen molar-refractivity contribution in [1.82, 2.24) is 14.9 Å². The smallest absolute Gasteiger partial charge is 0.235 e. The Kier molecular flexibility index (Phi) is 5.21. The first-order valence-electron chi connectivity index (χ1n) is 9.57. The van der Waals surface area contributed by atoms with Gasteiger partial charge in [0.15, 0.2) is 0 Å². The molecule has 27 heavy (non-hydrogen) atoms. The molecular formula is C22H25N3OS. The summed E-state index contributed by atoms with van der Waals surface area (Å²) in [7, 11) is 0. The van der Waals surface area contributed by atoms with E-state index in [1.807, 2.05) is 30.0 Å². The fourth-order valence-electron chi connectivity index (χ4n) is 3.75. The largest absolute Gasteiger partial charge is 0.342 e. The monoisotopic (exact) mass is 379 g/mol. The molecule has 4 nitrogen and oxygen atoms in total. The van der Waals surface area contributed by atoms with Crippen molar-refractivity contribution in [2.24, 2.45) is 0 Å². The molecule has 2 heterocycles. The van der Waals surface area contributed by atoms with E-state index in [0.29, 0.717) is 0 Å². The number of carbonyl (C=O) groups is 1. The van der Waals surface area contributed by atoms with Crippen LogP contribution in [0.4, 0.5) is 0 Å². The van der Waals surface area contributed by atoms with Crippen LogP contribution < -0.4 is 0 Å². The second-order valence-electron chi connectivity index (χ2n) is 7.34. The van der Waals surface area contributed by atoms with Gasteiger partial charge >= 0.3 is 0 Å². The molecular weight excluding hydrogens is 354 g/mol. The van der Waals surface area contributed by atoms with Crippen molar-refractivity contribution in [1.29, 1.82) is 0 Å². The summed E-state index contributed by atoms with van der Waals surface area (Å²) in [5, 5.41) is -0.0792. The van der Waals surface area contributed by atoms with Crippen LogP contribution in [0.15, 0.2) is 53.4 Å². The van der Waals surface area contributed by atoms with E-state index in [-0.39, 0.29) is 17.1 Å². The molecule has 0 bridgehead atoms. The second kappa shape index (κ2) is 7.77. The number of piperidine rings is 1. The number of thioether (sulfide) groups is 1. The van der Waals surface area contributed by atoms with Gasteiger partial charge in [0.25, 0.3) is 0 Å². The molecule has 0 aliphatic carbocycles. The number of fused-ring (bicyclic) bond motifs is 1. The molecule has 1 aliphatic heterocycles. The van der Waals surface area contributed by atoms with E-state index >= 15 is 0 Å². The molecule has 4 rings (SSSR count). The van der Waals surface area contributed by atoms with Gasteiger partial charge in [-0.1, -0.05) is 24.3 Å². The SMILES string of the molecule is Cc1ccc2nc(C3CCCN(C(=O)C(C)Sc4ccccc4)C3)[nH]c2c1. The predicted octanol–water partition coefficient (Wildman–Crippen LogP) is 4.76. The molecule has 140 valence electrons. The molecule has 1 amide bonds. The molecule has 3 aromatic rings. The number of aryl methyl sites for hydroxylation is 1. The summed E-state index contributed by atoms with van der Waals surface area (Å²) in [6.07, 6.45) is 2.10. The number of nitrogens with one attached hydrogen (secondary N) is 1. The van der Waals surface area contributed by atoms with Gasteiger partial charge in [0.2, 0.25) is 5.91 Å². The quantitative estimate of drug-likeness (QED) is 0.665. The molecule has 2 aromatic carbocycles. The van der Waals surface area contributed by atoms with E-state index in [1.165, 1.54) is 5.56 Å². The zero-order chi connectivity index (χ0) is 18.8. The van der Waals surface area contributed by atoms with Crippen molar-refractivity contribution in [3.05, 3.63) is 59.9 Å². The Balaban J connectivity index is 1.45. The highest BCUT2D eigenvalue weighted by Crippen LogP contribution is 2.30. The molecule has 2 atom stereocenters. The van der Waals surface area contributed by atoms with Gasteiger partial charge in [-0.05, 0) is 56.5 Å². The molecule has 1 saturated heterocycles. The van der Waals surface area contributed by atoms with Crippen LogP contribution in [0.1, 0.15) is 37.1 Å². The lowest BCUT2D eigenvalue weighted by atomic mass is 9.97. The Morgan fingerprint density at radius 1 is 1.26 bits per heavy atom. The van der Waals surface area contributed by atoms with Gasteiger partial charge in [0.1, 0.15) is 5.82 Å². The minimum Gasteiger partial charge on any atom is -0.342 e. The number of H-pyrrole nitrogens is 1. The lowest BCUT2D eigenvalue weighted by Gasteiger charge is -2.33. The Bertz CT molecular complexity index is 937. The van der Waals surface area contributed by atoms with E-state index in [1.54, 1.807) is 11.8 Å². The van der Waals surface area contributed by atoms with Gasteiger partial charge in [-0.2, -0.15) is 0 Å². The molecule has 0 radical (unpaired) electrons. The van der Waals surface area contributed by atoms with Gasteiger partial charge < -0.3 is 9.88 Å². The fourth-order valence-corrected chi connectivity index (χ4v) is 4.72. The Hall–Kier alpha value is -2.27. The first kappa shape index (κ1) is 18.1. The predicted molar refractivity (Wildman–Crippen MR) is 111 cm³/mol. The number of nitrogens with zero attached hydrogens (tertiary/aromatic N) is 2. The van der Waals surface area contributed by atoms with Crippen LogP contribution in [0.25, 0.3) is 11.0 Å². The maximum atomic E-state index is 13.0. The van der Waals surface area contributed by atoms with E-state index in [0.717, 1.165) is 47.7 Å². The highest BCUT2D eigenvalue weighted by Gasteiger charge is 2.29. The zero-order valence-electron chi connectivity index (χ0n) is 15.8. The molecule has 1 N–H and O–H groups in total. The van der Waals surface area contributed by atoms with Crippen molar-refractivity contribution >= 4 is 28.7 Å². The van der Waals surface area contributed by atoms with Gasteiger partial charge in [-0.25, -0.2) is 4.98 Å².